The van der Waals surface area contributed by atoms with Crippen LogP contribution in [-0.2, 0) is 10.2 Å². The summed E-state index contributed by atoms with van der Waals surface area (Å²) in [6.07, 6.45) is 0. The number of rotatable bonds is 3. The smallest absolute Gasteiger partial charge is 0.301 e. The molecule has 1 fully saturated rings. The van der Waals surface area contributed by atoms with Crippen LogP contribution in [0, 0.1) is 6.92 Å². The number of nitrogens with one attached hydrogen (secondary N) is 2. The molecule has 2 rings (SSSR count). The van der Waals surface area contributed by atoms with E-state index in [2.05, 4.69) is 10.0 Å². The highest BCUT2D eigenvalue weighted by atomic mass is 32.2. The van der Waals surface area contributed by atoms with E-state index < -0.39 is 10.2 Å². The van der Waals surface area contributed by atoms with Crippen LogP contribution < -0.4 is 10.0 Å². The minimum Gasteiger partial charge on any atom is -0.506 e. The van der Waals surface area contributed by atoms with Crippen molar-refractivity contribution in [3.8, 4) is 5.75 Å². The number of hydrogen-bond donors (Lipinski definition) is 3. The van der Waals surface area contributed by atoms with Gasteiger partial charge in [0.25, 0.3) is 0 Å². The maximum atomic E-state index is 12.1. The van der Waals surface area contributed by atoms with Crippen molar-refractivity contribution in [1.82, 2.24) is 9.62 Å². The molecule has 0 aromatic heterocycles. The molecule has 0 spiro atoms. The number of aryl methyl sites for hydroxylation is 1. The van der Waals surface area contributed by atoms with Gasteiger partial charge in [-0.05, 0) is 24.6 Å². The van der Waals surface area contributed by atoms with E-state index in [0.717, 1.165) is 5.56 Å². The molecule has 0 aliphatic carbocycles. The van der Waals surface area contributed by atoms with Gasteiger partial charge in [-0.2, -0.15) is 12.7 Å². The lowest BCUT2D eigenvalue weighted by Crippen LogP contribution is -2.48. The summed E-state index contributed by atoms with van der Waals surface area (Å²) in [5.74, 6) is -0.0614. The third-order valence-electron chi connectivity index (χ3n) is 2.81. The topological polar surface area (TPSA) is 81.7 Å². The van der Waals surface area contributed by atoms with Gasteiger partial charge in [0.2, 0.25) is 0 Å². The van der Waals surface area contributed by atoms with Crippen molar-refractivity contribution in [2.45, 2.75) is 6.92 Å². The SMILES string of the molecule is Cc1ccc(NS(=O)(=O)N2CCNCC2)c(O)c1. The molecule has 0 amide bonds. The first-order chi connectivity index (χ1) is 8.49. The van der Waals surface area contributed by atoms with Crippen LogP contribution in [0.1, 0.15) is 5.56 Å². The number of anilines is 1. The van der Waals surface area contributed by atoms with Gasteiger partial charge in [0.05, 0.1) is 5.69 Å². The second kappa shape index (κ2) is 5.13. The molecule has 1 aromatic carbocycles. The first-order valence-electron chi connectivity index (χ1n) is 5.77. The summed E-state index contributed by atoms with van der Waals surface area (Å²) < 4.78 is 27.9. The number of hydrogen-bond acceptors (Lipinski definition) is 4. The highest BCUT2D eigenvalue weighted by molar-refractivity contribution is 7.90. The fraction of sp³-hybridized carbons (Fsp3) is 0.455. The second-order valence-electron chi connectivity index (χ2n) is 4.28. The van der Waals surface area contributed by atoms with Crippen LogP contribution in [0.5, 0.6) is 5.75 Å². The molecule has 1 saturated heterocycles. The van der Waals surface area contributed by atoms with Crippen molar-refractivity contribution in [2.75, 3.05) is 30.9 Å². The minimum atomic E-state index is -3.59. The van der Waals surface area contributed by atoms with Crippen molar-refractivity contribution in [2.24, 2.45) is 0 Å². The van der Waals surface area contributed by atoms with Gasteiger partial charge in [-0.1, -0.05) is 6.07 Å². The second-order valence-corrected chi connectivity index (χ2v) is 5.95. The summed E-state index contributed by atoms with van der Waals surface area (Å²) in [5, 5.41) is 12.8. The lowest BCUT2D eigenvalue weighted by Gasteiger charge is -2.27. The van der Waals surface area contributed by atoms with Crippen LogP contribution in [0.15, 0.2) is 18.2 Å². The first-order valence-corrected chi connectivity index (χ1v) is 7.21. The number of phenolic OH excluding ortho intramolecular Hbond substituents is 1. The van der Waals surface area contributed by atoms with E-state index in [0.29, 0.717) is 26.2 Å². The van der Waals surface area contributed by atoms with Gasteiger partial charge < -0.3 is 10.4 Å². The molecule has 0 bridgehead atoms. The Hall–Kier alpha value is -1.31. The van der Waals surface area contributed by atoms with Crippen molar-refractivity contribution in [1.29, 1.82) is 0 Å². The molecule has 0 saturated carbocycles. The van der Waals surface area contributed by atoms with Crippen LogP contribution in [0.3, 0.4) is 0 Å². The van der Waals surface area contributed by atoms with Gasteiger partial charge in [-0.25, -0.2) is 0 Å². The van der Waals surface area contributed by atoms with Crippen molar-refractivity contribution < 1.29 is 13.5 Å². The maximum Gasteiger partial charge on any atom is 0.301 e. The number of phenols is 1. The fourth-order valence-electron chi connectivity index (χ4n) is 1.82. The van der Waals surface area contributed by atoms with E-state index in [1.807, 2.05) is 6.92 Å². The summed E-state index contributed by atoms with van der Waals surface area (Å²) in [6, 6.07) is 4.83. The van der Waals surface area contributed by atoms with Gasteiger partial charge in [0.15, 0.2) is 0 Å². The Kier molecular flexibility index (Phi) is 3.74. The van der Waals surface area contributed by atoms with Crippen LogP contribution in [0.2, 0.25) is 0 Å². The first kappa shape index (κ1) is 13.1. The van der Waals surface area contributed by atoms with Gasteiger partial charge >= 0.3 is 10.2 Å². The molecule has 1 aliphatic heterocycles. The summed E-state index contributed by atoms with van der Waals surface area (Å²) in [5.41, 5.74) is 1.08. The lowest BCUT2D eigenvalue weighted by atomic mass is 10.2. The molecule has 1 aromatic rings. The van der Waals surface area contributed by atoms with Crippen LogP contribution in [-0.4, -0.2) is 44.0 Å². The highest BCUT2D eigenvalue weighted by Crippen LogP contribution is 2.25. The van der Waals surface area contributed by atoms with Gasteiger partial charge in [-0.3, -0.25) is 4.72 Å². The molecule has 18 heavy (non-hydrogen) atoms. The molecule has 3 N–H and O–H groups in total. The van der Waals surface area contributed by atoms with Crippen LogP contribution >= 0.6 is 0 Å². The Bertz CT molecular complexity index is 524. The van der Waals surface area contributed by atoms with Crippen molar-refractivity contribution in [3.05, 3.63) is 23.8 Å². The summed E-state index contributed by atoms with van der Waals surface area (Å²) in [7, 11) is -3.59. The molecule has 0 atom stereocenters. The Morgan fingerprint density at radius 2 is 2.00 bits per heavy atom. The average Bonchev–Trinajstić information content (AvgIpc) is 2.34. The van der Waals surface area contributed by atoms with Gasteiger partial charge in [-0.15, -0.1) is 0 Å². The standard InChI is InChI=1S/C11H17N3O3S/c1-9-2-3-10(11(15)8-9)13-18(16,17)14-6-4-12-5-7-14/h2-3,8,12-13,15H,4-7H2,1H3. The fourth-order valence-corrected chi connectivity index (χ4v) is 3.06. The quantitative estimate of drug-likeness (QED) is 0.689. The van der Waals surface area contributed by atoms with Gasteiger partial charge in [0, 0.05) is 26.2 Å². The summed E-state index contributed by atoms with van der Waals surface area (Å²) >= 11 is 0. The predicted octanol–water partition coefficient (Wildman–Crippen LogP) is 0.263. The molecule has 1 heterocycles. The third-order valence-corrected chi connectivity index (χ3v) is 4.33. The van der Waals surface area contributed by atoms with E-state index in [9.17, 15) is 13.5 Å². The van der Waals surface area contributed by atoms with E-state index in [1.54, 1.807) is 12.1 Å². The molecule has 0 radical (unpaired) electrons. The number of benzene rings is 1. The highest BCUT2D eigenvalue weighted by Gasteiger charge is 2.24. The van der Waals surface area contributed by atoms with Crippen LogP contribution in [0.4, 0.5) is 5.69 Å². The molecule has 100 valence electrons. The molecular weight excluding hydrogens is 254 g/mol. The zero-order valence-electron chi connectivity index (χ0n) is 10.2. The minimum absolute atomic E-state index is 0.0614. The van der Waals surface area contributed by atoms with Crippen molar-refractivity contribution in [3.63, 3.8) is 0 Å². The zero-order chi connectivity index (χ0) is 13.2. The Morgan fingerprint density at radius 3 is 2.61 bits per heavy atom. The monoisotopic (exact) mass is 271 g/mol. The maximum absolute atomic E-state index is 12.1. The van der Waals surface area contributed by atoms with E-state index in [1.165, 1.54) is 10.4 Å². The van der Waals surface area contributed by atoms with Crippen molar-refractivity contribution >= 4 is 15.9 Å². The predicted molar refractivity (Wildman–Crippen MR) is 69.8 cm³/mol. The Morgan fingerprint density at radius 1 is 1.33 bits per heavy atom. The van der Waals surface area contributed by atoms with Gasteiger partial charge in [0.1, 0.15) is 5.75 Å². The normalized spacial score (nSPS) is 17.6. The van der Waals surface area contributed by atoms with E-state index >= 15 is 0 Å². The molecule has 0 unspecified atom stereocenters. The van der Waals surface area contributed by atoms with E-state index in [4.69, 9.17) is 0 Å². The third kappa shape index (κ3) is 2.92. The molecule has 6 nitrogen and oxygen atoms in total. The van der Waals surface area contributed by atoms with Crippen LogP contribution in [0.25, 0.3) is 0 Å². The Labute approximate surface area is 107 Å². The molecule has 1 aliphatic rings. The number of aromatic hydroxyl groups is 1. The summed E-state index contributed by atoms with van der Waals surface area (Å²) in [4.78, 5) is 0. The zero-order valence-corrected chi connectivity index (χ0v) is 11.0. The Balaban J connectivity index is 2.16. The number of nitrogens with zero attached hydrogens (tertiary/aromatic N) is 1. The summed E-state index contributed by atoms with van der Waals surface area (Å²) in [6.45, 7) is 3.97. The number of piperazine rings is 1. The van der Waals surface area contributed by atoms with E-state index in [-0.39, 0.29) is 11.4 Å². The largest absolute Gasteiger partial charge is 0.506 e. The average molecular weight is 271 g/mol. The lowest BCUT2D eigenvalue weighted by molar-refractivity contribution is 0.362. The molecular formula is C11H17N3O3S. The molecule has 7 heteroatoms.